The minimum atomic E-state index is -0.250. The molecule has 2 aromatic rings. The van der Waals surface area contributed by atoms with Crippen molar-refractivity contribution in [2.45, 2.75) is 52.1 Å². The topological polar surface area (TPSA) is 139 Å². The molecule has 10 nitrogen and oxygen atoms in total. The molecule has 0 unspecified atom stereocenters. The average molecular weight is 416 g/mol. The summed E-state index contributed by atoms with van der Waals surface area (Å²) < 4.78 is 1.72. The molecule has 1 aliphatic rings. The summed E-state index contributed by atoms with van der Waals surface area (Å²) in [5.41, 5.74) is 2.41. The number of pyridine rings is 1. The predicted octanol–water partition coefficient (Wildman–Crippen LogP) is 1.10. The van der Waals surface area contributed by atoms with Gasteiger partial charge in [-0.05, 0) is 51.2 Å². The molecule has 0 atom stereocenters. The van der Waals surface area contributed by atoms with Crippen molar-refractivity contribution in [2.24, 2.45) is 5.92 Å². The lowest BCUT2D eigenvalue weighted by atomic mass is 9.85. The van der Waals surface area contributed by atoms with Crippen LogP contribution in [0.5, 0.6) is 0 Å². The number of nitrogens with one attached hydrogen (secondary N) is 2. The third kappa shape index (κ3) is 7.26. The van der Waals surface area contributed by atoms with Crippen molar-refractivity contribution in [3.05, 3.63) is 41.5 Å². The molecule has 0 saturated heterocycles. The zero-order valence-electron chi connectivity index (χ0n) is 17.2. The Morgan fingerprint density at radius 2 is 1.93 bits per heavy atom. The molecule has 0 aliphatic heterocycles. The monoisotopic (exact) mass is 416 g/mol. The largest absolute Gasteiger partial charge is 0.483 e. The molecule has 30 heavy (non-hydrogen) atoms. The van der Waals surface area contributed by atoms with E-state index in [-0.39, 0.29) is 30.2 Å². The molecule has 0 aromatic carbocycles. The number of rotatable bonds is 6. The van der Waals surface area contributed by atoms with E-state index in [1.807, 2.05) is 26.1 Å². The summed E-state index contributed by atoms with van der Waals surface area (Å²) in [5.74, 6) is -0.00186. The van der Waals surface area contributed by atoms with E-state index in [0.717, 1.165) is 36.9 Å². The fourth-order valence-corrected chi connectivity index (χ4v) is 3.39. The number of aryl methyl sites for hydroxylation is 2. The van der Waals surface area contributed by atoms with Crippen LogP contribution in [0.15, 0.2) is 24.7 Å². The van der Waals surface area contributed by atoms with Crippen LogP contribution >= 0.6 is 0 Å². The third-order valence-electron chi connectivity index (χ3n) is 4.86. The Hall–Kier alpha value is -3.30. The first kappa shape index (κ1) is 23.0. The summed E-state index contributed by atoms with van der Waals surface area (Å²) >= 11 is 0. The van der Waals surface area contributed by atoms with Gasteiger partial charge in [-0.1, -0.05) is 5.21 Å². The van der Waals surface area contributed by atoms with E-state index in [4.69, 9.17) is 9.90 Å². The van der Waals surface area contributed by atoms with Crippen LogP contribution in [0.25, 0.3) is 0 Å². The molecule has 2 aromatic heterocycles. The van der Waals surface area contributed by atoms with Gasteiger partial charge in [0.2, 0.25) is 5.91 Å². The van der Waals surface area contributed by atoms with E-state index >= 15 is 0 Å². The molecular weight excluding hydrogens is 388 g/mol. The summed E-state index contributed by atoms with van der Waals surface area (Å²) in [7, 11) is 0. The van der Waals surface area contributed by atoms with Gasteiger partial charge in [-0.2, -0.15) is 0 Å². The van der Waals surface area contributed by atoms with Crippen LogP contribution < -0.4 is 10.6 Å². The second-order valence-corrected chi connectivity index (χ2v) is 7.29. The normalized spacial score (nSPS) is 17.9. The molecule has 3 N–H and O–H groups in total. The van der Waals surface area contributed by atoms with Gasteiger partial charge in [0.15, 0.2) is 0 Å². The molecule has 0 bridgehead atoms. The average Bonchev–Trinajstić information content (AvgIpc) is 3.14. The van der Waals surface area contributed by atoms with Crippen LogP contribution in [-0.2, 0) is 16.1 Å². The molecular formula is C20H28N6O4. The van der Waals surface area contributed by atoms with E-state index in [0.29, 0.717) is 18.7 Å². The molecule has 2 heterocycles. The summed E-state index contributed by atoms with van der Waals surface area (Å²) in [6, 6.07) is 1.94. The van der Waals surface area contributed by atoms with Crippen molar-refractivity contribution in [1.82, 2.24) is 30.6 Å². The van der Waals surface area contributed by atoms with Crippen LogP contribution in [0.4, 0.5) is 0 Å². The molecule has 0 spiro atoms. The van der Waals surface area contributed by atoms with Gasteiger partial charge < -0.3 is 15.7 Å². The van der Waals surface area contributed by atoms with E-state index in [2.05, 4.69) is 25.9 Å². The lowest BCUT2D eigenvalue weighted by Gasteiger charge is -2.28. The summed E-state index contributed by atoms with van der Waals surface area (Å²) in [6.45, 7) is 4.70. The quantitative estimate of drug-likeness (QED) is 0.599. The Labute approximate surface area is 175 Å². The van der Waals surface area contributed by atoms with E-state index in [1.165, 1.54) is 0 Å². The molecule has 162 valence electrons. The van der Waals surface area contributed by atoms with Crippen LogP contribution in [-0.4, -0.2) is 56.0 Å². The zero-order valence-corrected chi connectivity index (χ0v) is 17.2. The maximum absolute atomic E-state index is 12.3. The minimum absolute atomic E-state index is 0.0104. The molecule has 1 fully saturated rings. The van der Waals surface area contributed by atoms with Crippen molar-refractivity contribution < 1.29 is 19.5 Å². The minimum Gasteiger partial charge on any atom is -0.483 e. The molecule has 1 saturated carbocycles. The second kappa shape index (κ2) is 11.6. The highest BCUT2D eigenvalue weighted by atomic mass is 16.3. The first-order valence-electron chi connectivity index (χ1n) is 9.87. The fraction of sp³-hybridized carbons (Fsp3) is 0.500. The number of hydrogen-bond acceptors (Lipinski definition) is 6. The third-order valence-corrected chi connectivity index (χ3v) is 4.86. The lowest BCUT2D eigenvalue weighted by Crippen LogP contribution is -2.41. The van der Waals surface area contributed by atoms with Crippen molar-refractivity contribution in [2.75, 3.05) is 6.54 Å². The molecule has 10 heteroatoms. The van der Waals surface area contributed by atoms with Crippen LogP contribution in [0.1, 0.15) is 47.3 Å². The second-order valence-electron chi connectivity index (χ2n) is 7.29. The highest BCUT2D eigenvalue weighted by molar-refractivity contribution is 5.94. The van der Waals surface area contributed by atoms with Crippen LogP contribution in [0.3, 0.4) is 0 Å². The lowest BCUT2D eigenvalue weighted by molar-refractivity contribution is -0.126. The predicted molar refractivity (Wildman–Crippen MR) is 109 cm³/mol. The number of carbonyl (C=O) groups excluding carboxylic acids is 2. The van der Waals surface area contributed by atoms with E-state index in [1.54, 1.807) is 17.1 Å². The number of carbonyl (C=O) groups is 3. The van der Waals surface area contributed by atoms with Crippen molar-refractivity contribution in [3.63, 3.8) is 0 Å². The number of carboxylic acid groups (broad SMARTS) is 1. The highest BCUT2D eigenvalue weighted by Crippen LogP contribution is 2.24. The summed E-state index contributed by atoms with van der Waals surface area (Å²) in [5, 5.41) is 20.8. The number of hydrogen-bond donors (Lipinski definition) is 3. The molecule has 2 amide bonds. The standard InChI is InChI=1S/C19H26N6O2.CH2O2/c1-13-9-16(11-20-10-13)19(27)22-17-5-3-15(4-6-17)18(26)21-7-8-25-12-14(2)23-24-25;2-1-3/h9-12,15,17H,3-8H2,1-2H3,(H,21,26)(H,22,27);1H,(H,2,3). The van der Waals surface area contributed by atoms with Gasteiger partial charge in [0.05, 0.1) is 17.8 Å². The van der Waals surface area contributed by atoms with Crippen molar-refractivity contribution in [3.8, 4) is 0 Å². The maximum atomic E-state index is 12.3. The van der Waals surface area contributed by atoms with E-state index in [9.17, 15) is 9.59 Å². The summed E-state index contributed by atoms with van der Waals surface area (Å²) in [4.78, 5) is 37.1. The first-order valence-corrected chi connectivity index (χ1v) is 9.87. The Morgan fingerprint density at radius 3 is 2.53 bits per heavy atom. The van der Waals surface area contributed by atoms with Crippen molar-refractivity contribution in [1.29, 1.82) is 0 Å². The van der Waals surface area contributed by atoms with Gasteiger partial charge >= 0.3 is 0 Å². The molecule has 3 rings (SSSR count). The maximum Gasteiger partial charge on any atom is 0.290 e. The number of nitrogens with zero attached hydrogens (tertiary/aromatic N) is 4. The summed E-state index contributed by atoms with van der Waals surface area (Å²) in [6.07, 6.45) is 8.35. The van der Waals surface area contributed by atoms with Crippen LogP contribution in [0.2, 0.25) is 0 Å². The SMILES string of the molecule is Cc1cncc(C(=O)NC2CCC(C(=O)NCCn3cc(C)nn3)CC2)c1.O=CO. The Kier molecular flexibility index (Phi) is 8.92. The van der Waals surface area contributed by atoms with Gasteiger partial charge in [-0.25, -0.2) is 0 Å². The zero-order chi connectivity index (χ0) is 21.9. The van der Waals surface area contributed by atoms with Gasteiger partial charge in [-0.15, -0.1) is 5.10 Å². The number of amides is 2. The molecule has 0 radical (unpaired) electrons. The van der Waals surface area contributed by atoms with Crippen LogP contribution in [0, 0.1) is 19.8 Å². The molecule has 1 aliphatic carbocycles. The first-order chi connectivity index (χ1) is 14.4. The van der Waals surface area contributed by atoms with Crippen molar-refractivity contribution >= 4 is 18.3 Å². The number of aromatic nitrogens is 4. The Bertz CT molecular complexity index is 845. The van der Waals surface area contributed by atoms with Gasteiger partial charge in [0, 0.05) is 37.1 Å². The smallest absolute Gasteiger partial charge is 0.290 e. The van der Waals surface area contributed by atoms with Gasteiger partial charge in [-0.3, -0.25) is 24.0 Å². The highest BCUT2D eigenvalue weighted by Gasteiger charge is 2.27. The fourth-order valence-electron chi connectivity index (χ4n) is 3.39. The van der Waals surface area contributed by atoms with Gasteiger partial charge in [0.1, 0.15) is 0 Å². The Balaban J connectivity index is 0.00000101. The van der Waals surface area contributed by atoms with Gasteiger partial charge in [0.25, 0.3) is 12.4 Å². The Morgan fingerprint density at radius 1 is 1.23 bits per heavy atom. The van der Waals surface area contributed by atoms with E-state index < -0.39 is 0 Å².